The fourth-order valence-electron chi connectivity index (χ4n) is 3.44. The van der Waals surface area contributed by atoms with Crippen molar-refractivity contribution in [2.24, 2.45) is 7.05 Å². The van der Waals surface area contributed by atoms with Gasteiger partial charge in [0.15, 0.2) is 0 Å². The molecule has 0 saturated heterocycles. The number of hydrogen-bond acceptors (Lipinski definition) is 4. The lowest BCUT2D eigenvalue weighted by molar-refractivity contribution is 0.173. The van der Waals surface area contributed by atoms with Crippen LogP contribution in [0.2, 0.25) is 0 Å². The molecule has 1 aromatic heterocycles. The molecule has 1 heterocycles. The van der Waals surface area contributed by atoms with E-state index >= 15 is 0 Å². The van der Waals surface area contributed by atoms with Crippen molar-refractivity contribution in [2.75, 3.05) is 0 Å². The summed E-state index contributed by atoms with van der Waals surface area (Å²) in [5, 5.41) is 14.7. The fraction of sp³-hybridized carbons (Fsp3) is 0.154. The van der Waals surface area contributed by atoms with Crippen LogP contribution < -0.4 is 10.3 Å². The molecule has 1 atom stereocenters. The summed E-state index contributed by atoms with van der Waals surface area (Å²) in [7, 11) is 1.64. The van der Waals surface area contributed by atoms with Crippen LogP contribution in [-0.4, -0.2) is 14.9 Å². The van der Waals surface area contributed by atoms with Crippen LogP contribution in [0.1, 0.15) is 25.0 Å². The predicted molar refractivity (Wildman–Crippen MR) is 122 cm³/mol. The Morgan fingerprint density at radius 2 is 1.61 bits per heavy atom. The van der Waals surface area contributed by atoms with Crippen LogP contribution in [0, 0.1) is 0 Å². The molecule has 156 valence electrons. The number of para-hydroxylation sites is 2. The summed E-state index contributed by atoms with van der Waals surface area (Å²) in [6, 6.07) is 26.4. The van der Waals surface area contributed by atoms with Crippen molar-refractivity contribution in [2.45, 2.75) is 19.4 Å². The highest BCUT2D eigenvalue weighted by molar-refractivity contribution is 5.83. The van der Waals surface area contributed by atoms with Gasteiger partial charge in [0, 0.05) is 24.2 Å². The van der Waals surface area contributed by atoms with Crippen LogP contribution in [-0.2, 0) is 7.05 Å². The van der Waals surface area contributed by atoms with Gasteiger partial charge >= 0.3 is 0 Å². The Hall–Kier alpha value is -3.70. The first-order valence-electron chi connectivity index (χ1n) is 10.3. The van der Waals surface area contributed by atoms with Gasteiger partial charge in [0.1, 0.15) is 17.2 Å². The Bertz CT molecular complexity index is 1230. The highest BCUT2D eigenvalue weighted by Crippen LogP contribution is 2.37. The highest BCUT2D eigenvalue weighted by atomic mass is 16.5. The largest absolute Gasteiger partial charge is 0.457 e. The lowest BCUT2D eigenvalue weighted by Gasteiger charge is -2.15. The lowest BCUT2D eigenvalue weighted by Crippen LogP contribution is -2.19. The second-order valence-electron chi connectivity index (χ2n) is 7.33. The molecule has 1 unspecified atom stereocenters. The first-order chi connectivity index (χ1) is 15.1. The van der Waals surface area contributed by atoms with Gasteiger partial charge in [-0.15, -0.1) is 0 Å². The Morgan fingerprint density at radius 3 is 2.32 bits per heavy atom. The van der Waals surface area contributed by atoms with Crippen molar-refractivity contribution in [3.05, 3.63) is 101 Å². The van der Waals surface area contributed by atoms with Gasteiger partial charge in [-0.2, -0.15) is 5.10 Å². The van der Waals surface area contributed by atoms with E-state index in [4.69, 9.17) is 4.74 Å². The molecule has 5 nitrogen and oxygen atoms in total. The zero-order valence-corrected chi connectivity index (χ0v) is 17.5. The van der Waals surface area contributed by atoms with E-state index in [-0.39, 0.29) is 5.56 Å². The zero-order valence-electron chi connectivity index (χ0n) is 17.5. The molecular formula is C26H24N2O3. The van der Waals surface area contributed by atoms with Gasteiger partial charge in [0.2, 0.25) is 0 Å². The Labute approximate surface area is 181 Å². The molecule has 3 aromatic carbocycles. The van der Waals surface area contributed by atoms with Crippen molar-refractivity contribution in [3.63, 3.8) is 0 Å². The van der Waals surface area contributed by atoms with Crippen molar-refractivity contribution in [1.29, 1.82) is 0 Å². The highest BCUT2D eigenvalue weighted by Gasteiger charge is 2.17. The Kier molecular flexibility index (Phi) is 5.96. The van der Waals surface area contributed by atoms with Gasteiger partial charge in [-0.05, 0) is 41.8 Å². The van der Waals surface area contributed by atoms with E-state index in [1.54, 1.807) is 13.1 Å². The van der Waals surface area contributed by atoms with Gasteiger partial charge in [-0.3, -0.25) is 4.79 Å². The molecule has 0 amide bonds. The van der Waals surface area contributed by atoms with Crippen LogP contribution in [0.15, 0.2) is 89.7 Å². The molecule has 0 fully saturated rings. The third-order valence-electron chi connectivity index (χ3n) is 5.20. The number of aliphatic hydroxyl groups is 1. The topological polar surface area (TPSA) is 64.3 Å². The SMILES string of the molecule is CCC(O)c1ccc(-c2cc(=O)n(C)nc2-c2ccccc2Oc2ccccc2)cc1. The van der Waals surface area contributed by atoms with Crippen LogP contribution in [0.25, 0.3) is 22.4 Å². The molecule has 5 heteroatoms. The molecule has 4 aromatic rings. The average molecular weight is 412 g/mol. The third-order valence-corrected chi connectivity index (χ3v) is 5.20. The molecular weight excluding hydrogens is 388 g/mol. The van der Waals surface area contributed by atoms with Gasteiger partial charge in [-0.25, -0.2) is 4.68 Å². The summed E-state index contributed by atoms with van der Waals surface area (Å²) < 4.78 is 7.46. The first kappa shape index (κ1) is 20.6. The van der Waals surface area contributed by atoms with E-state index in [0.29, 0.717) is 23.4 Å². The summed E-state index contributed by atoms with van der Waals surface area (Å²) in [5.74, 6) is 1.37. The average Bonchev–Trinajstić information content (AvgIpc) is 2.81. The fourth-order valence-corrected chi connectivity index (χ4v) is 3.44. The summed E-state index contributed by atoms with van der Waals surface area (Å²) in [6.45, 7) is 1.94. The Balaban J connectivity index is 1.83. The monoisotopic (exact) mass is 412 g/mol. The number of ether oxygens (including phenoxy) is 1. The first-order valence-corrected chi connectivity index (χ1v) is 10.3. The van der Waals surface area contributed by atoms with Gasteiger partial charge in [-0.1, -0.05) is 61.5 Å². The van der Waals surface area contributed by atoms with Gasteiger partial charge in [0.05, 0.1) is 6.10 Å². The lowest BCUT2D eigenvalue weighted by atomic mass is 9.97. The smallest absolute Gasteiger partial charge is 0.267 e. The van der Waals surface area contributed by atoms with Crippen molar-refractivity contribution in [3.8, 4) is 33.9 Å². The quantitative estimate of drug-likeness (QED) is 0.464. The summed E-state index contributed by atoms with van der Waals surface area (Å²) in [4.78, 5) is 12.4. The van der Waals surface area contributed by atoms with E-state index in [1.165, 1.54) is 4.68 Å². The second-order valence-corrected chi connectivity index (χ2v) is 7.33. The van der Waals surface area contributed by atoms with E-state index in [9.17, 15) is 9.90 Å². The second kappa shape index (κ2) is 8.98. The summed E-state index contributed by atoms with van der Waals surface area (Å²) >= 11 is 0. The number of aliphatic hydroxyl groups excluding tert-OH is 1. The van der Waals surface area contributed by atoms with Gasteiger partial charge in [0.25, 0.3) is 5.56 Å². The molecule has 4 rings (SSSR count). The van der Waals surface area contributed by atoms with E-state index in [1.807, 2.05) is 85.8 Å². The van der Waals surface area contributed by atoms with E-state index in [2.05, 4.69) is 5.10 Å². The van der Waals surface area contributed by atoms with Crippen LogP contribution in [0.3, 0.4) is 0 Å². The van der Waals surface area contributed by atoms with Gasteiger partial charge < -0.3 is 9.84 Å². The Morgan fingerprint density at radius 1 is 0.935 bits per heavy atom. The molecule has 0 aliphatic rings. The maximum Gasteiger partial charge on any atom is 0.267 e. The van der Waals surface area contributed by atoms with Crippen LogP contribution in [0.5, 0.6) is 11.5 Å². The molecule has 31 heavy (non-hydrogen) atoms. The third kappa shape index (κ3) is 4.42. The molecule has 1 N–H and O–H groups in total. The van der Waals surface area contributed by atoms with E-state index in [0.717, 1.165) is 22.4 Å². The number of benzene rings is 3. The summed E-state index contributed by atoms with van der Waals surface area (Å²) in [5.41, 5.74) is 3.65. The number of nitrogens with zero attached hydrogens (tertiary/aromatic N) is 2. The number of rotatable bonds is 6. The molecule has 0 bridgehead atoms. The molecule has 0 saturated carbocycles. The zero-order chi connectivity index (χ0) is 21.8. The minimum atomic E-state index is -0.504. The van der Waals surface area contributed by atoms with Crippen molar-refractivity contribution >= 4 is 0 Å². The molecule has 0 radical (unpaired) electrons. The maximum atomic E-state index is 12.4. The van der Waals surface area contributed by atoms with Crippen molar-refractivity contribution < 1.29 is 9.84 Å². The minimum absolute atomic E-state index is 0.196. The predicted octanol–water partition coefficient (Wildman–Crippen LogP) is 5.35. The van der Waals surface area contributed by atoms with Crippen LogP contribution >= 0.6 is 0 Å². The number of aryl methyl sites for hydroxylation is 1. The standard InChI is InChI=1S/C26H24N2O3/c1-3-23(29)19-15-13-18(14-16-19)22-17-25(30)28(2)27-26(22)21-11-7-8-12-24(21)31-20-9-5-4-6-10-20/h4-17,23,29H,3H2,1-2H3. The molecule has 0 aliphatic carbocycles. The summed E-state index contributed by atoms with van der Waals surface area (Å²) in [6.07, 6.45) is 0.137. The normalized spacial score (nSPS) is 11.8. The number of hydrogen-bond donors (Lipinski definition) is 1. The molecule has 0 aliphatic heterocycles. The molecule has 0 spiro atoms. The van der Waals surface area contributed by atoms with E-state index < -0.39 is 6.10 Å². The van der Waals surface area contributed by atoms with Crippen LogP contribution in [0.4, 0.5) is 0 Å². The minimum Gasteiger partial charge on any atom is -0.457 e. The van der Waals surface area contributed by atoms with Crippen molar-refractivity contribution in [1.82, 2.24) is 9.78 Å². The maximum absolute atomic E-state index is 12.4. The number of aromatic nitrogens is 2.